The molecule has 0 saturated carbocycles. The van der Waals surface area contributed by atoms with Crippen molar-refractivity contribution in [1.29, 1.82) is 0 Å². The Bertz CT molecular complexity index is 163. The highest BCUT2D eigenvalue weighted by Gasteiger charge is 1.92. The Morgan fingerprint density at radius 3 is 2.75 bits per heavy atom. The fourth-order valence-electron chi connectivity index (χ4n) is 0.432. The highest BCUT2D eigenvalue weighted by Crippen LogP contribution is 2.07. The molecule has 0 N–H and O–H groups in total. The Balaban J connectivity index is 2.63. The summed E-state index contributed by atoms with van der Waals surface area (Å²) >= 11 is 3.60. The van der Waals surface area contributed by atoms with E-state index in [1.54, 1.807) is 24.6 Å². The molecule has 1 rings (SSSR count). The molecule has 1 aliphatic rings. The molecule has 1 nitrogen and oxygen atoms in total. The van der Waals surface area contributed by atoms with Crippen LogP contribution in [0, 0.1) is 6.42 Å². The van der Waals surface area contributed by atoms with Crippen LogP contribution in [0.4, 0.5) is 0 Å². The SMILES string of the molecule is SOC1=CC=C=C[CH]1. The molecule has 0 aliphatic heterocycles. The summed E-state index contributed by atoms with van der Waals surface area (Å²) in [5, 5.41) is 0. The summed E-state index contributed by atoms with van der Waals surface area (Å²) in [4.78, 5) is 0. The first-order valence-corrected chi connectivity index (χ1v) is 2.57. The van der Waals surface area contributed by atoms with Gasteiger partial charge in [-0.2, -0.15) is 0 Å². The average Bonchev–Trinajstić information content (AvgIpc) is 1.90. The summed E-state index contributed by atoms with van der Waals surface area (Å²) in [5.41, 5.74) is 2.85. The fraction of sp³-hybridized carbons (Fsp3) is 0. The van der Waals surface area contributed by atoms with E-state index in [0.29, 0.717) is 0 Å². The highest BCUT2D eigenvalue weighted by molar-refractivity contribution is 7.75. The highest BCUT2D eigenvalue weighted by atomic mass is 32.1. The summed E-state index contributed by atoms with van der Waals surface area (Å²) < 4.78 is 4.59. The van der Waals surface area contributed by atoms with Crippen LogP contribution in [0.1, 0.15) is 0 Å². The first-order chi connectivity index (χ1) is 3.93. The fourth-order valence-corrected chi connectivity index (χ4v) is 0.554. The van der Waals surface area contributed by atoms with Gasteiger partial charge in [-0.1, -0.05) is 0 Å². The van der Waals surface area contributed by atoms with E-state index in [9.17, 15) is 0 Å². The normalized spacial score (nSPS) is 15.9. The molecule has 0 aromatic heterocycles. The van der Waals surface area contributed by atoms with Gasteiger partial charge >= 0.3 is 0 Å². The second-order valence-electron chi connectivity index (χ2n) is 1.33. The lowest BCUT2D eigenvalue weighted by molar-refractivity contribution is 0.523. The maximum absolute atomic E-state index is 4.59. The summed E-state index contributed by atoms with van der Waals surface area (Å²) in [7, 11) is 0. The monoisotopic (exact) mass is 125 g/mol. The van der Waals surface area contributed by atoms with E-state index >= 15 is 0 Å². The molecule has 0 saturated heterocycles. The van der Waals surface area contributed by atoms with Crippen molar-refractivity contribution in [3.63, 3.8) is 0 Å². The number of hydrogen-bond acceptors (Lipinski definition) is 2. The average molecular weight is 125 g/mol. The molecule has 0 aromatic rings. The number of hydrogen-bond donors (Lipinski definition) is 1. The zero-order valence-electron chi connectivity index (χ0n) is 4.16. The van der Waals surface area contributed by atoms with E-state index in [4.69, 9.17) is 0 Å². The summed E-state index contributed by atoms with van der Waals surface area (Å²) in [5.74, 6) is 0.743. The Morgan fingerprint density at radius 2 is 2.38 bits per heavy atom. The molecule has 41 valence electrons. The van der Waals surface area contributed by atoms with Crippen LogP contribution in [0.5, 0.6) is 0 Å². The topological polar surface area (TPSA) is 9.23 Å². The van der Waals surface area contributed by atoms with Crippen LogP contribution >= 0.6 is 12.9 Å². The molecular weight excluding hydrogens is 120 g/mol. The minimum absolute atomic E-state index is 0.743. The Morgan fingerprint density at radius 1 is 1.50 bits per heavy atom. The van der Waals surface area contributed by atoms with Crippen molar-refractivity contribution in [2.45, 2.75) is 0 Å². The van der Waals surface area contributed by atoms with Crippen LogP contribution in [-0.2, 0) is 4.18 Å². The zero-order valence-corrected chi connectivity index (χ0v) is 5.06. The Kier molecular flexibility index (Phi) is 1.84. The van der Waals surface area contributed by atoms with Crippen molar-refractivity contribution in [3.8, 4) is 0 Å². The lowest BCUT2D eigenvalue weighted by Gasteiger charge is -1.98. The van der Waals surface area contributed by atoms with Gasteiger partial charge in [-0.25, -0.2) is 0 Å². The van der Waals surface area contributed by atoms with Gasteiger partial charge in [0.2, 0.25) is 0 Å². The van der Waals surface area contributed by atoms with E-state index < -0.39 is 0 Å². The smallest absolute Gasteiger partial charge is 0.123 e. The largest absolute Gasteiger partial charge is 0.433 e. The third-order valence-corrected chi connectivity index (χ3v) is 1.00. The molecule has 1 aliphatic carbocycles. The predicted molar refractivity (Wildman–Crippen MR) is 35.1 cm³/mol. The summed E-state index contributed by atoms with van der Waals surface area (Å²) in [6, 6.07) is 0. The minimum atomic E-state index is 0.743. The number of rotatable bonds is 1. The standard InChI is InChI=1S/C6H5OS/c8-7-6-4-2-1-3-5-6/h2-5,8H. The summed E-state index contributed by atoms with van der Waals surface area (Å²) in [6.45, 7) is 0. The molecule has 0 unspecified atom stereocenters. The van der Waals surface area contributed by atoms with Gasteiger partial charge in [-0.3, -0.25) is 0 Å². The van der Waals surface area contributed by atoms with Crippen molar-refractivity contribution < 1.29 is 4.18 Å². The molecule has 0 bridgehead atoms. The van der Waals surface area contributed by atoms with Gasteiger partial charge in [0, 0.05) is 12.9 Å². The molecule has 2 heteroatoms. The molecule has 0 aromatic carbocycles. The van der Waals surface area contributed by atoms with Gasteiger partial charge in [0.25, 0.3) is 0 Å². The van der Waals surface area contributed by atoms with Crippen molar-refractivity contribution in [3.05, 3.63) is 36.1 Å². The second kappa shape index (κ2) is 2.65. The van der Waals surface area contributed by atoms with Crippen LogP contribution in [-0.4, -0.2) is 0 Å². The lowest BCUT2D eigenvalue weighted by Crippen LogP contribution is -1.81. The van der Waals surface area contributed by atoms with Crippen molar-refractivity contribution in [2.24, 2.45) is 0 Å². The maximum atomic E-state index is 4.59. The first kappa shape index (κ1) is 5.54. The van der Waals surface area contributed by atoms with Crippen molar-refractivity contribution >= 4 is 12.9 Å². The van der Waals surface area contributed by atoms with Crippen LogP contribution in [0.2, 0.25) is 0 Å². The van der Waals surface area contributed by atoms with E-state index in [1.165, 1.54) is 0 Å². The predicted octanol–water partition coefficient (Wildman–Crippen LogP) is 1.66. The molecule has 0 amide bonds. The van der Waals surface area contributed by atoms with Gasteiger partial charge in [-0.05, 0) is 18.2 Å². The minimum Gasteiger partial charge on any atom is -0.433 e. The first-order valence-electron chi connectivity index (χ1n) is 2.21. The molecular formula is C6H5OS. The Hall–Kier alpha value is -0.590. The van der Waals surface area contributed by atoms with Crippen LogP contribution in [0.25, 0.3) is 0 Å². The number of allylic oxidation sites excluding steroid dienone is 2. The lowest BCUT2D eigenvalue weighted by atomic mass is 10.2. The molecule has 0 spiro atoms. The van der Waals surface area contributed by atoms with Crippen LogP contribution in [0.15, 0.2) is 29.7 Å². The van der Waals surface area contributed by atoms with Crippen molar-refractivity contribution in [2.75, 3.05) is 0 Å². The van der Waals surface area contributed by atoms with E-state index in [2.05, 4.69) is 22.8 Å². The van der Waals surface area contributed by atoms with E-state index in [1.807, 2.05) is 0 Å². The zero-order chi connectivity index (χ0) is 5.82. The van der Waals surface area contributed by atoms with Crippen LogP contribution in [0.3, 0.4) is 0 Å². The Labute approximate surface area is 54.0 Å². The van der Waals surface area contributed by atoms with Gasteiger partial charge < -0.3 is 4.18 Å². The van der Waals surface area contributed by atoms with Gasteiger partial charge in [0.15, 0.2) is 0 Å². The van der Waals surface area contributed by atoms with Gasteiger partial charge in [0.05, 0.1) is 6.42 Å². The third kappa shape index (κ3) is 1.19. The molecule has 0 heterocycles. The number of thiol groups is 1. The van der Waals surface area contributed by atoms with Crippen LogP contribution < -0.4 is 0 Å². The van der Waals surface area contributed by atoms with E-state index in [-0.39, 0.29) is 0 Å². The van der Waals surface area contributed by atoms with E-state index in [0.717, 1.165) is 5.76 Å². The molecule has 0 fully saturated rings. The quantitative estimate of drug-likeness (QED) is 0.318. The second-order valence-corrected chi connectivity index (χ2v) is 1.51. The molecule has 1 radical (unpaired) electrons. The molecule has 0 atom stereocenters. The van der Waals surface area contributed by atoms with Gasteiger partial charge in [0.1, 0.15) is 5.76 Å². The third-order valence-electron chi connectivity index (χ3n) is 0.793. The summed E-state index contributed by atoms with van der Waals surface area (Å²) in [6.07, 6.45) is 7.11. The van der Waals surface area contributed by atoms with Gasteiger partial charge in [-0.15, -0.1) is 5.73 Å². The van der Waals surface area contributed by atoms with Crippen molar-refractivity contribution in [1.82, 2.24) is 0 Å². The maximum Gasteiger partial charge on any atom is 0.123 e. The molecule has 8 heavy (non-hydrogen) atoms.